The molecule has 6 heteroatoms. The number of aliphatic imine (C=N–C) groups is 1. The summed E-state index contributed by atoms with van der Waals surface area (Å²) in [7, 11) is 3.75. The van der Waals surface area contributed by atoms with Crippen molar-refractivity contribution in [1.29, 1.82) is 0 Å². The van der Waals surface area contributed by atoms with E-state index in [1.165, 1.54) is 11.8 Å². The molecule has 116 valence electrons. The van der Waals surface area contributed by atoms with Crippen LogP contribution in [0.3, 0.4) is 0 Å². The number of methoxy groups -OCH3 is 1. The lowest BCUT2D eigenvalue weighted by molar-refractivity contribution is -0.113. The Hall–Kier alpha value is -1.79. The summed E-state index contributed by atoms with van der Waals surface area (Å²) in [6.45, 7) is 3.85. The topological polar surface area (TPSA) is 45.1 Å². The molecule has 0 unspecified atom stereocenters. The van der Waals surface area contributed by atoms with E-state index >= 15 is 0 Å². The normalized spacial score (nSPS) is 21.4. The maximum atomic E-state index is 12.1. The monoisotopic (exact) mass is 317 g/mol. The van der Waals surface area contributed by atoms with Gasteiger partial charge in [0.25, 0.3) is 5.91 Å². The first kappa shape index (κ1) is 15.1. The lowest BCUT2D eigenvalue weighted by atomic mass is 10.2. The van der Waals surface area contributed by atoms with Crippen LogP contribution in [0.5, 0.6) is 5.75 Å². The van der Waals surface area contributed by atoms with E-state index in [0.717, 1.165) is 42.7 Å². The number of amidine groups is 1. The third-order valence-electron chi connectivity index (χ3n) is 3.80. The number of thioether (sulfide) groups is 1. The van der Waals surface area contributed by atoms with Crippen LogP contribution in [0.1, 0.15) is 5.56 Å². The molecule has 2 heterocycles. The maximum absolute atomic E-state index is 12.1. The number of likely N-dealkylation sites (N-methyl/N-ethyl adjacent to an activating group) is 1. The second kappa shape index (κ2) is 6.54. The zero-order valence-electron chi connectivity index (χ0n) is 12.8. The zero-order chi connectivity index (χ0) is 15.5. The van der Waals surface area contributed by atoms with Gasteiger partial charge in [0.2, 0.25) is 0 Å². The second-order valence-corrected chi connectivity index (χ2v) is 6.38. The molecule has 1 amide bonds. The average Bonchev–Trinajstić information content (AvgIpc) is 2.90. The van der Waals surface area contributed by atoms with Crippen LogP contribution in [-0.2, 0) is 4.79 Å². The predicted molar refractivity (Wildman–Crippen MR) is 90.1 cm³/mol. The third-order valence-corrected chi connectivity index (χ3v) is 4.84. The average molecular weight is 317 g/mol. The van der Waals surface area contributed by atoms with Crippen molar-refractivity contribution in [2.75, 3.05) is 40.3 Å². The van der Waals surface area contributed by atoms with Gasteiger partial charge >= 0.3 is 0 Å². The van der Waals surface area contributed by atoms with E-state index in [-0.39, 0.29) is 5.91 Å². The number of rotatable bonds is 2. The Morgan fingerprint density at radius 3 is 2.50 bits per heavy atom. The van der Waals surface area contributed by atoms with Gasteiger partial charge in [0, 0.05) is 26.2 Å². The van der Waals surface area contributed by atoms with Crippen LogP contribution in [-0.4, -0.2) is 61.2 Å². The van der Waals surface area contributed by atoms with Crippen LogP contribution in [0, 0.1) is 0 Å². The van der Waals surface area contributed by atoms with Crippen LogP contribution >= 0.6 is 11.8 Å². The van der Waals surface area contributed by atoms with Crippen molar-refractivity contribution in [2.45, 2.75) is 0 Å². The first-order chi connectivity index (χ1) is 10.7. The highest BCUT2D eigenvalue weighted by Crippen LogP contribution is 2.30. The first-order valence-corrected chi connectivity index (χ1v) is 8.07. The summed E-state index contributed by atoms with van der Waals surface area (Å²) in [5, 5.41) is 0.831. The molecule has 0 radical (unpaired) electrons. The van der Waals surface area contributed by atoms with Gasteiger partial charge in [0.1, 0.15) is 5.75 Å². The standard InChI is InChI=1S/C16H19N3O2S/c1-18-7-9-19(10-8-18)16-17-15(20)14(22-16)11-12-3-5-13(21-2)6-4-12/h3-6,11H,7-10H2,1-2H3. The Balaban J connectivity index is 1.69. The van der Waals surface area contributed by atoms with Crippen molar-refractivity contribution in [1.82, 2.24) is 9.80 Å². The number of carbonyl (C=O) groups is 1. The molecule has 0 spiro atoms. The van der Waals surface area contributed by atoms with E-state index in [2.05, 4.69) is 21.8 Å². The molecule has 2 aliphatic rings. The lowest BCUT2D eigenvalue weighted by Crippen LogP contribution is -2.46. The highest BCUT2D eigenvalue weighted by molar-refractivity contribution is 8.18. The van der Waals surface area contributed by atoms with Gasteiger partial charge in [-0.3, -0.25) is 4.79 Å². The number of hydrogen-bond acceptors (Lipinski definition) is 5. The Morgan fingerprint density at radius 2 is 1.86 bits per heavy atom. The van der Waals surface area contributed by atoms with Crippen molar-refractivity contribution in [3.8, 4) is 5.75 Å². The highest BCUT2D eigenvalue weighted by atomic mass is 32.2. The van der Waals surface area contributed by atoms with Gasteiger partial charge in [-0.1, -0.05) is 12.1 Å². The minimum atomic E-state index is -0.144. The van der Waals surface area contributed by atoms with Crippen LogP contribution in [0.2, 0.25) is 0 Å². The van der Waals surface area contributed by atoms with Gasteiger partial charge in [-0.25, -0.2) is 0 Å². The third kappa shape index (κ3) is 3.34. The lowest BCUT2D eigenvalue weighted by Gasteiger charge is -2.32. The highest BCUT2D eigenvalue weighted by Gasteiger charge is 2.27. The van der Waals surface area contributed by atoms with E-state index in [1.54, 1.807) is 7.11 Å². The maximum Gasteiger partial charge on any atom is 0.286 e. The molecule has 0 bridgehead atoms. The number of hydrogen-bond donors (Lipinski definition) is 0. The van der Waals surface area contributed by atoms with Crippen LogP contribution in [0.25, 0.3) is 6.08 Å². The van der Waals surface area contributed by atoms with Crippen molar-refractivity contribution in [3.05, 3.63) is 34.7 Å². The fourth-order valence-electron chi connectivity index (χ4n) is 2.38. The van der Waals surface area contributed by atoms with Crippen molar-refractivity contribution >= 4 is 28.9 Å². The number of benzene rings is 1. The smallest absolute Gasteiger partial charge is 0.286 e. The summed E-state index contributed by atoms with van der Waals surface area (Å²) in [4.78, 5) is 21.4. The van der Waals surface area contributed by atoms with E-state index in [0.29, 0.717) is 4.91 Å². The molecule has 3 rings (SSSR count). The largest absolute Gasteiger partial charge is 0.497 e. The predicted octanol–water partition coefficient (Wildman–Crippen LogP) is 1.91. The van der Waals surface area contributed by atoms with E-state index in [4.69, 9.17) is 4.74 Å². The molecule has 1 aromatic rings. The summed E-state index contributed by atoms with van der Waals surface area (Å²) >= 11 is 1.47. The van der Waals surface area contributed by atoms with Gasteiger partial charge in [-0.05, 0) is 42.6 Å². The van der Waals surface area contributed by atoms with Crippen LogP contribution in [0.15, 0.2) is 34.2 Å². The Kier molecular flexibility index (Phi) is 4.49. The minimum Gasteiger partial charge on any atom is -0.497 e. The van der Waals surface area contributed by atoms with E-state index in [1.807, 2.05) is 30.3 Å². The van der Waals surface area contributed by atoms with Gasteiger partial charge < -0.3 is 14.5 Å². The van der Waals surface area contributed by atoms with Gasteiger partial charge in [0.15, 0.2) is 5.17 Å². The SMILES string of the molecule is COc1ccc(C=C2SC(N3CCN(C)CC3)=NC2=O)cc1. The number of nitrogens with zero attached hydrogens (tertiary/aromatic N) is 3. The summed E-state index contributed by atoms with van der Waals surface area (Å²) < 4.78 is 5.14. The van der Waals surface area contributed by atoms with Crippen molar-refractivity contribution in [2.24, 2.45) is 4.99 Å². The van der Waals surface area contributed by atoms with Crippen LogP contribution in [0.4, 0.5) is 0 Å². The molecule has 2 aliphatic heterocycles. The Bertz CT molecular complexity index is 617. The quantitative estimate of drug-likeness (QED) is 0.780. The second-order valence-electron chi connectivity index (χ2n) is 5.37. The first-order valence-electron chi connectivity index (χ1n) is 7.26. The number of ether oxygens (including phenoxy) is 1. The molecule has 5 nitrogen and oxygen atoms in total. The Morgan fingerprint density at radius 1 is 1.18 bits per heavy atom. The molecule has 0 aliphatic carbocycles. The molecule has 1 aromatic carbocycles. The van der Waals surface area contributed by atoms with Gasteiger partial charge in [-0.2, -0.15) is 4.99 Å². The zero-order valence-corrected chi connectivity index (χ0v) is 13.6. The molecule has 1 fully saturated rings. The molecule has 1 saturated heterocycles. The summed E-state index contributed by atoms with van der Waals surface area (Å²) in [5.41, 5.74) is 0.978. The van der Waals surface area contributed by atoms with Crippen molar-refractivity contribution < 1.29 is 9.53 Å². The summed E-state index contributed by atoms with van der Waals surface area (Å²) in [6.07, 6.45) is 1.89. The van der Waals surface area contributed by atoms with E-state index in [9.17, 15) is 4.79 Å². The molecule has 0 N–H and O–H groups in total. The number of amides is 1. The van der Waals surface area contributed by atoms with Crippen molar-refractivity contribution in [3.63, 3.8) is 0 Å². The van der Waals surface area contributed by atoms with Gasteiger partial charge in [0.05, 0.1) is 12.0 Å². The molecule has 0 aromatic heterocycles. The Labute approximate surface area is 134 Å². The fraction of sp³-hybridized carbons (Fsp3) is 0.375. The number of piperazine rings is 1. The minimum absolute atomic E-state index is 0.144. The molecule has 22 heavy (non-hydrogen) atoms. The molecule has 0 atom stereocenters. The summed E-state index contributed by atoms with van der Waals surface area (Å²) in [6, 6.07) is 7.65. The number of carbonyl (C=O) groups excluding carboxylic acids is 1. The molecule has 0 saturated carbocycles. The van der Waals surface area contributed by atoms with Crippen LogP contribution < -0.4 is 4.74 Å². The molecular weight excluding hydrogens is 298 g/mol. The molecular formula is C16H19N3O2S. The van der Waals surface area contributed by atoms with E-state index < -0.39 is 0 Å². The summed E-state index contributed by atoms with van der Waals surface area (Å²) in [5.74, 6) is 0.664. The van der Waals surface area contributed by atoms with Gasteiger partial charge in [-0.15, -0.1) is 0 Å². The fourth-order valence-corrected chi connectivity index (χ4v) is 3.35.